The van der Waals surface area contributed by atoms with Crippen LogP contribution in [0.3, 0.4) is 0 Å². The van der Waals surface area contributed by atoms with E-state index in [1.165, 1.54) is 6.07 Å². The molecule has 0 spiro atoms. The Bertz CT molecular complexity index is 251. The first-order valence-corrected chi connectivity index (χ1v) is 4.00. The minimum absolute atomic E-state index is 0.254. The van der Waals surface area contributed by atoms with Crippen LogP contribution in [0.15, 0.2) is 9.85 Å². The van der Waals surface area contributed by atoms with Gasteiger partial charge in [0.1, 0.15) is 4.88 Å². The van der Waals surface area contributed by atoms with Gasteiger partial charge in [-0.15, -0.1) is 11.3 Å². The molecule has 3 N–H and O–H groups in total. The quantitative estimate of drug-likeness (QED) is 0.761. The van der Waals surface area contributed by atoms with Gasteiger partial charge in [0, 0.05) is 0 Å². The number of hydrogen-bond donors (Lipinski definition) is 2. The standard InChI is InChI=1S/C5H4BrNO2S/c6-4-2(7)1-3(10-4)5(8)9/h1H,7H2,(H,8,9). The summed E-state index contributed by atoms with van der Waals surface area (Å²) in [5, 5.41) is 8.46. The van der Waals surface area contributed by atoms with Crippen molar-refractivity contribution in [3.05, 3.63) is 14.7 Å². The lowest BCUT2D eigenvalue weighted by Crippen LogP contribution is -1.90. The summed E-state index contributed by atoms with van der Waals surface area (Å²) in [7, 11) is 0. The van der Waals surface area contributed by atoms with E-state index >= 15 is 0 Å². The predicted octanol–water partition coefficient (Wildman–Crippen LogP) is 1.79. The molecule has 0 aliphatic carbocycles. The number of nitrogens with two attached hydrogens (primary N) is 1. The van der Waals surface area contributed by atoms with E-state index in [1.54, 1.807) is 0 Å². The van der Waals surface area contributed by atoms with Gasteiger partial charge in [-0.3, -0.25) is 0 Å². The second-order valence-corrected chi connectivity index (χ2v) is 4.01. The Morgan fingerprint density at radius 3 is 2.60 bits per heavy atom. The molecule has 0 saturated carbocycles. The fourth-order valence-electron chi connectivity index (χ4n) is 0.488. The summed E-state index contributed by atoms with van der Waals surface area (Å²) in [6.07, 6.45) is 0. The van der Waals surface area contributed by atoms with Crippen LogP contribution in [0.4, 0.5) is 5.69 Å². The number of carboxylic acid groups (broad SMARTS) is 1. The molecule has 0 saturated heterocycles. The molecule has 0 bridgehead atoms. The van der Waals surface area contributed by atoms with Crippen LogP contribution in [-0.2, 0) is 0 Å². The molecule has 0 aliphatic rings. The Hall–Kier alpha value is -0.550. The van der Waals surface area contributed by atoms with Gasteiger partial charge in [-0.05, 0) is 22.0 Å². The van der Waals surface area contributed by atoms with E-state index in [2.05, 4.69) is 15.9 Å². The summed E-state index contributed by atoms with van der Waals surface area (Å²) in [5.41, 5.74) is 5.85. The van der Waals surface area contributed by atoms with Crippen molar-refractivity contribution in [2.45, 2.75) is 0 Å². The van der Waals surface area contributed by atoms with Crippen molar-refractivity contribution in [3.63, 3.8) is 0 Å². The van der Waals surface area contributed by atoms with Crippen LogP contribution in [0.2, 0.25) is 0 Å². The van der Waals surface area contributed by atoms with Gasteiger partial charge in [-0.2, -0.15) is 0 Å². The smallest absolute Gasteiger partial charge is 0.345 e. The maximum Gasteiger partial charge on any atom is 0.345 e. The molecular formula is C5H4BrNO2S. The molecule has 0 amide bonds. The number of rotatable bonds is 1. The molecule has 5 heteroatoms. The lowest BCUT2D eigenvalue weighted by molar-refractivity contribution is 0.0702. The molecule has 0 atom stereocenters. The predicted molar refractivity (Wildman–Crippen MR) is 43.4 cm³/mol. The first-order valence-electron chi connectivity index (χ1n) is 2.39. The van der Waals surface area contributed by atoms with Crippen LogP contribution in [0.25, 0.3) is 0 Å². The van der Waals surface area contributed by atoms with Crippen LogP contribution in [-0.4, -0.2) is 11.1 Å². The number of hydrogen-bond acceptors (Lipinski definition) is 3. The minimum atomic E-state index is -0.942. The van der Waals surface area contributed by atoms with Crippen LogP contribution >= 0.6 is 27.3 Å². The van der Waals surface area contributed by atoms with Gasteiger partial charge in [0.2, 0.25) is 0 Å². The fourth-order valence-corrected chi connectivity index (χ4v) is 1.77. The zero-order valence-electron chi connectivity index (χ0n) is 4.80. The van der Waals surface area contributed by atoms with Crippen molar-refractivity contribution >= 4 is 38.9 Å². The summed E-state index contributed by atoms with van der Waals surface area (Å²) < 4.78 is 0.671. The largest absolute Gasteiger partial charge is 0.477 e. The maximum atomic E-state index is 10.3. The number of halogens is 1. The number of nitrogen functional groups attached to an aromatic ring is 1. The third-order valence-electron chi connectivity index (χ3n) is 0.924. The van der Waals surface area contributed by atoms with E-state index in [-0.39, 0.29) is 4.88 Å². The minimum Gasteiger partial charge on any atom is -0.477 e. The van der Waals surface area contributed by atoms with E-state index in [0.29, 0.717) is 9.47 Å². The molecule has 3 nitrogen and oxygen atoms in total. The summed E-state index contributed by atoms with van der Waals surface area (Å²) in [4.78, 5) is 10.6. The molecule has 0 aromatic carbocycles. The average Bonchev–Trinajstić information content (AvgIpc) is 2.13. The van der Waals surface area contributed by atoms with Crippen LogP contribution in [0.5, 0.6) is 0 Å². The highest BCUT2D eigenvalue weighted by Gasteiger charge is 2.08. The van der Waals surface area contributed by atoms with E-state index in [0.717, 1.165) is 11.3 Å². The summed E-state index contributed by atoms with van der Waals surface area (Å²) in [5.74, 6) is -0.942. The summed E-state index contributed by atoms with van der Waals surface area (Å²) in [6.45, 7) is 0. The third-order valence-corrected chi connectivity index (χ3v) is 2.79. The molecule has 1 rings (SSSR count). The second-order valence-electron chi connectivity index (χ2n) is 1.64. The Balaban J connectivity index is 3.10. The highest BCUT2D eigenvalue weighted by Crippen LogP contribution is 2.29. The first kappa shape index (κ1) is 7.56. The van der Waals surface area contributed by atoms with Gasteiger partial charge < -0.3 is 10.8 Å². The fraction of sp³-hybridized carbons (Fsp3) is 0. The highest BCUT2D eigenvalue weighted by atomic mass is 79.9. The molecule has 0 fully saturated rings. The number of anilines is 1. The molecular weight excluding hydrogens is 218 g/mol. The molecule has 54 valence electrons. The van der Waals surface area contributed by atoms with Crippen LogP contribution < -0.4 is 5.73 Å². The van der Waals surface area contributed by atoms with E-state index in [1.807, 2.05) is 0 Å². The number of carbonyl (C=O) groups is 1. The van der Waals surface area contributed by atoms with Gasteiger partial charge in [-0.1, -0.05) is 0 Å². The Kier molecular flexibility index (Phi) is 1.96. The summed E-state index contributed by atoms with van der Waals surface area (Å²) >= 11 is 4.23. The highest BCUT2D eigenvalue weighted by molar-refractivity contribution is 9.11. The Morgan fingerprint density at radius 2 is 2.40 bits per heavy atom. The SMILES string of the molecule is Nc1cc(C(=O)O)sc1Br. The topological polar surface area (TPSA) is 63.3 Å². The average molecular weight is 222 g/mol. The normalized spacial score (nSPS) is 9.70. The lowest BCUT2D eigenvalue weighted by atomic mass is 10.4. The molecule has 10 heavy (non-hydrogen) atoms. The lowest BCUT2D eigenvalue weighted by Gasteiger charge is -1.79. The molecule has 0 unspecified atom stereocenters. The number of thiophene rings is 1. The number of carboxylic acids is 1. The zero-order chi connectivity index (χ0) is 7.72. The Morgan fingerprint density at radius 1 is 1.80 bits per heavy atom. The van der Waals surface area contributed by atoms with Crippen molar-refractivity contribution in [2.75, 3.05) is 5.73 Å². The third kappa shape index (κ3) is 1.30. The van der Waals surface area contributed by atoms with Gasteiger partial charge in [0.05, 0.1) is 9.47 Å². The Labute approximate surface area is 69.6 Å². The van der Waals surface area contributed by atoms with Crippen molar-refractivity contribution in [1.82, 2.24) is 0 Å². The van der Waals surface area contributed by atoms with Gasteiger partial charge >= 0.3 is 5.97 Å². The van der Waals surface area contributed by atoms with E-state index in [4.69, 9.17) is 10.8 Å². The molecule has 0 aliphatic heterocycles. The van der Waals surface area contributed by atoms with Crippen molar-refractivity contribution in [3.8, 4) is 0 Å². The van der Waals surface area contributed by atoms with Crippen molar-refractivity contribution < 1.29 is 9.90 Å². The van der Waals surface area contributed by atoms with Gasteiger partial charge in [-0.25, -0.2) is 4.79 Å². The van der Waals surface area contributed by atoms with E-state index in [9.17, 15) is 4.79 Å². The number of aromatic carboxylic acids is 1. The molecule has 1 heterocycles. The molecule has 1 aromatic rings. The van der Waals surface area contributed by atoms with Crippen LogP contribution in [0.1, 0.15) is 9.67 Å². The zero-order valence-corrected chi connectivity index (χ0v) is 7.20. The summed E-state index contributed by atoms with van der Waals surface area (Å²) in [6, 6.07) is 1.43. The van der Waals surface area contributed by atoms with Gasteiger partial charge in [0.25, 0.3) is 0 Å². The maximum absolute atomic E-state index is 10.3. The van der Waals surface area contributed by atoms with Crippen molar-refractivity contribution in [1.29, 1.82) is 0 Å². The monoisotopic (exact) mass is 221 g/mol. The van der Waals surface area contributed by atoms with Crippen molar-refractivity contribution in [2.24, 2.45) is 0 Å². The van der Waals surface area contributed by atoms with Crippen LogP contribution in [0, 0.1) is 0 Å². The first-order chi connectivity index (χ1) is 4.61. The molecule has 1 aromatic heterocycles. The molecule has 0 radical (unpaired) electrons. The second kappa shape index (κ2) is 2.59. The van der Waals surface area contributed by atoms with E-state index < -0.39 is 5.97 Å². The van der Waals surface area contributed by atoms with Gasteiger partial charge in [0.15, 0.2) is 0 Å².